The van der Waals surface area contributed by atoms with Crippen molar-refractivity contribution < 1.29 is 23.9 Å². The van der Waals surface area contributed by atoms with Gasteiger partial charge in [0.05, 0.1) is 25.3 Å². The molecule has 25 heavy (non-hydrogen) atoms. The van der Waals surface area contributed by atoms with Gasteiger partial charge >= 0.3 is 18.0 Å². The first kappa shape index (κ1) is 17.2. The number of benzene rings is 1. The number of urea groups is 1. The van der Waals surface area contributed by atoms with E-state index in [1.807, 2.05) is 0 Å². The maximum absolute atomic E-state index is 12.6. The second-order valence-corrected chi connectivity index (χ2v) is 6.18. The zero-order chi connectivity index (χ0) is 18.0. The van der Waals surface area contributed by atoms with Crippen LogP contribution in [0.1, 0.15) is 27.1 Å². The average Bonchev–Trinajstić information content (AvgIpc) is 3.23. The number of carbonyl (C=O) groups excluding carboxylic acids is 3. The van der Waals surface area contributed by atoms with E-state index in [0.29, 0.717) is 18.2 Å². The minimum Gasteiger partial charge on any atom is -0.465 e. The van der Waals surface area contributed by atoms with Gasteiger partial charge in [-0.15, -0.1) is 0 Å². The first-order valence-electron chi connectivity index (χ1n) is 8.13. The maximum Gasteiger partial charge on any atom is 0.337 e. The van der Waals surface area contributed by atoms with Crippen LogP contribution in [0.25, 0.3) is 0 Å². The molecule has 0 saturated carbocycles. The molecule has 2 heterocycles. The number of rotatable bonds is 3. The predicted molar refractivity (Wildman–Crippen MR) is 89.6 cm³/mol. The van der Waals surface area contributed by atoms with Gasteiger partial charge in [0.25, 0.3) is 0 Å². The van der Waals surface area contributed by atoms with Crippen molar-refractivity contribution >= 4 is 23.7 Å². The fourth-order valence-electron chi connectivity index (χ4n) is 3.47. The molecule has 1 aromatic rings. The summed E-state index contributed by atoms with van der Waals surface area (Å²) < 4.78 is 9.40. The van der Waals surface area contributed by atoms with E-state index in [-0.39, 0.29) is 23.2 Å². The van der Waals surface area contributed by atoms with Gasteiger partial charge in [-0.25, -0.2) is 14.4 Å². The highest BCUT2D eigenvalue weighted by Crippen LogP contribution is 2.28. The van der Waals surface area contributed by atoms with Crippen molar-refractivity contribution in [3.8, 4) is 0 Å². The van der Waals surface area contributed by atoms with Gasteiger partial charge in [0.2, 0.25) is 0 Å². The molecule has 0 aromatic heterocycles. The monoisotopic (exact) mass is 347 g/mol. The van der Waals surface area contributed by atoms with Crippen LogP contribution in [0, 0.1) is 5.92 Å². The molecule has 2 saturated heterocycles. The lowest BCUT2D eigenvalue weighted by molar-refractivity contribution is 0.0599. The Morgan fingerprint density at radius 1 is 1.08 bits per heavy atom. The summed E-state index contributed by atoms with van der Waals surface area (Å²) >= 11 is 0. The topological polar surface area (TPSA) is 97.0 Å². The van der Waals surface area contributed by atoms with Gasteiger partial charge in [0.1, 0.15) is 0 Å². The minimum atomic E-state index is -0.595. The van der Waals surface area contributed by atoms with Crippen molar-refractivity contribution in [1.29, 1.82) is 0 Å². The Bertz CT molecular complexity index is 671. The van der Waals surface area contributed by atoms with E-state index < -0.39 is 11.9 Å². The molecule has 2 N–H and O–H groups in total. The van der Waals surface area contributed by atoms with Crippen LogP contribution in [0.2, 0.25) is 0 Å². The molecule has 134 valence electrons. The Hall–Kier alpha value is -2.61. The molecule has 2 aliphatic rings. The summed E-state index contributed by atoms with van der Waals surface area (Å²) in [5.41, 5.74) is 0.688. The van der Waals surface area contributed by atoms with Crippen LogP contribution in [-0.2, 0) is 9.47 Å². The second kappa shape index (κ2) is 7.10. The van der Waals surface area contributed by atoms with Crippen molar-refractivity contribution in [2.75, 3.05) is 39.2 Å². The Labute approximate surface area is 145 Å². The molecule has 8 heteroatoms. The van der Waals surface area contributed by atoms with Crippen LogP contribution >= 0.6 is 0 Å². The molecule has 0 bridgehead atoms. The van der Waals surface area contributed by atoms with Crippen molar-refractivity contribution in [3.05, 3.63) is 29.3 Å². The fraction of sp³-hybridized carbons (Fsp3) is 0.471. The molecule has 2 amide bonds. The molecule has 2 aliphatic heterocycles. The highest BCUT2D eigenvalue weighted by atomic mass is 16.5. The summed E-state index contributed by atoms with van der Waals surface area (Å²) in [6, 6.07) is 4.28. The number of hydrogen-bond donors (Lipinski definition) is 2. The third-order valence-corrected chi connectivity index (χ3v) is 4.73. The zero-order valence-corrected chi connectivity index (χ0v) is 14.2. The third kappa shape index (κ3) is 3.43. The van der Waals surface area contributed by atoms with E-state index in [4.69, 9.17) is 9.47 Å². The lowest BCUT2D eigenvalue weighted by Crippen LogP contribution is -2.41. The maximum atomic E-state index is 12.6. The number of esters is 2. The van der Waals surface area contributed by atoms with Crippen molar-refractivity contribution in [2.45, 2.75) is 12.5 Å². The lowest BCUT2D eigenvalue weighted by atomic mass is 10.1. The predicted octanol–water partition coefficient (Wildman–Crippen LogP) is 1.09. The van der Waals surface area contributed by atoms with Gasteiger partial charge in [0, 0.05) is 31.4 Å². The van der Waals surface area contributed by atoms with Gasteiger partial charge in [-0.1, -0.05) is 0 Å². The number of nitrogens with zero attached hydrogens (tertiary/aromatic N) is 1. The SMILES string of the molecule is COC(=O)c1cc(NC(=O)N2CC[C@H]3CNC[C@H]32)cc(C(=O)OC)c1. The minimum absolute atomic E-state index is 0.169. The van der Waals surface area contributed by atoms with E-state index in [1.54, 1.807) is 4.90 Å². The molecule has 3 rings (SSSR count). The van der Waals surface area contributed by atoms with E-state index >= 15 is 0 Å². The standard InChI is InChI=1S/C17H21N3O5/c1-24-15(21)11-5-12(16(22)25-2)7-13(6-11)19-17(23)20-4-3-10-8-18-9-14(10)20/h5-7,10,14,18H,3-4,8-9H2,1-2H3,(H,19,23)/t10-,14+/m0/s1. The first-order valence-corrected chi connectivity index (χ1v) is 8.13. The molecule has 0 radical (unpaired) electrons. The largest absolute Gasteiger partial charge is 0.465 e. The van der Waals surface area contributed by atoms with Gasteiger partial charge in [-0.05, 0) is 30.5 Å². The summed E-state index contributed by atoms with van der Waals surface area (Å²) in [4.78, 5) is 38.0. The quantitative estimate of drug-likeness (QED) is 0.795. The number of hydrogen-bond acceptors (Lipinski definition) is 6. The van der Waals surface area contributed by atoms with Gasteiger partial charge in [-0.3, -0.25) is 0 Å². The van der Waals surface area contributed by atoms with Gasteiger partial charge in [-0.2, -0.15) is 0 Å². The molecule has 0 spiro atoms. The number of methoxy groups -OCH3 is 2. The molecular weight excluding hydrogens is 326 g/mol. The molecular formula is C17H21N3O5. The van der Waals surface area contributed by atoms with E-state index in [2.05, 4.69) is 10.6 Å². The number of ether oxygens (including phenoxy) is 2. The van der Waals surface area contributed by atoms with E-state index in [1.165, 1.54) is 32.4 Å². The lowest BCUT2D eigenvalue weighted by Gasteiger charge is -2.24. The van der Waals surface area contributed by atoms with Crippen molar-refractivity contribution in [1.82, 2.24) is 10.2 Å². The first-order chi connectivity index (χ1) is 12.0. The molecule has 2 fully saturated rings. The number of likely N-dealkylation sites (tertiary alicyclic amines) is 1. The van der Waals surface area contributed by atoms with Crippen molar-refractivity contribution in [2.24, 2.45) is 5.92 Å². The average molecular weight is 347 g/mol. The highest BCUT2D eigenvalue weighted by Gasteiger charge is 2.39. The molecule has 8 nitrogen and oxygen atoms in total. The molecule has 0 aliphatic carbocycles. The Morgan fingerprint density at radius 2 is 1.72 bits per heavy atom. The molecule has 0 unspecified atom stereocenters. The number of nitrogens with one attached hydrogen (secondary N) is 2. The summed E-state index contributed by atoms with van der Waals surface area (Å²) in [7, 11) is 2.51. The summed E-state index contributed by atoms with van der Waals surface area (Å²) in [5, 5.41) is 6.07. The van der Waals surface area contributed by atoms with Crippen LogP contribution in [0.5, 0.6) is 0 Å². The van der Waals surface area contributed by atoms with Gasteiger partial charge in [0.15, 0.2) is 0 Å². The fourth-order valence-corrected chi connectivity index (χ4v) is 3.47. The van der Waals surface area contributed by atoms with Crippen LogP contribution in [-0.4, -0.2) is 62.8 Å². The van der Waals surface area contributed by atoms with Crippen molar-refractivity contribution in [3.63, 3.8) is 0 Å². The summed E-state index contributed by atoms with van der Waals surface area (Å²) in [6.07, 6.45) is 0.973. The van der Waals surface area contributed by atoms with E-state index in [0.717, 1.165) is 19.5 Å². The van der Waals surface area contributed by atoms with Crippen LogP contribution in [0.4, 0.5) is 10.5 Å². The van der Waals surface area contributed by atoms with Crippen LogP contribution < -0.4 is 10.6 Å². The molecule has 1 aromatic carbocycles. The Balaban J connectivity index is 1.82. The Kier molecular flexibility index (Phi) is 4.89. The van der Waals surface area contributed by atoms with Gasteiger partial charge < -0.3 is 25.0 Å². The zero-order valence-electron chi connectivity index (χ0n) is 14.2. The number of fused-ring (bicyclic) bond motifs is 1. The van der Waals surface area contributed by atoms with Crippen LogP contribution in [0.15, 0.2) is 18.2 Å². The number of carbonyl (C=O) groups is 3. The molecule has 2 atom stereocenters. The van der Waals surface area contributed by atoms with E-state index in [9.17, 15) is 14.4 Å². The summed E-state index contributed by atoms with van der Waals surface area (Å²) in [5.74, 6) is -0.706. The normalized spacial score (nSPS) is 21.6. The third-order valence-electron chi connectivity index (χ3n) is 4.73. The number of anilines is 1. The number of amides is 2. The summed E-state index contributed by atoms with van der Waals surface area (Å²) in [6.45, 7) is 2.41. The van der Waals surface area contributed by atoms with Crippen LogP contribution in [0.3, 0.4) is 0 Å². The highest BCUT2D eigenvalue weighted by molar-refractivity contribution is 5.99. The second-order valence-electron chi connectivity index (χ2n) is 6.18. The smallest absolute Gasteiger partial charge is 0.337 e. The Morgan fingerprint density at radius 3 is 2.32 bits per heavy atom.